The highest BCUT2D eigenvalue weighted by atomic mass is 28.3. The fourth-order valence-corrected chi connectivity index (χ4v) is 12.4. The lowest BCUT2D eigenvalue weighted by Gasteiger charge is -2.36. The van der Waals surface area contributed by atoms with E-state index in [1.54, 1.807) is 0 Å². The topological polar surface area (TPSA) is 33.1 Å². The Kier molecular flexibility index (Phi) is 7.27. The molecule has 48 heavy (non-hydrogen) atoms. The summed E-state index contributed by atoms with van der Waals surface area (Å²) in [5, 5.41) is 17.0. The number of para-hydroxylation sites is 1. The van der Waals surface area contributed by atoms with Crippen molar-refractivity contribution >= 4 is 56.3 Å². The molecule has 0 radical (unpaired) electrons. The van der Waals surface area contributed by atoms with E-state index in [0.29, 0.717) is 11.3 Å². The van der Waals surface area contributed by atoms with Gasteiger partial charge in [-0.1, -0.05) is 146 Å². The van der Waals surface area contributed by atoms with Crippen LogP contribution in [-0.4, -0.2) is 12.6 Å². The van der Waals surface area contributed by atoms with Crippen LogP contribution in [0.3, 0.4) is 0 Å². The first kappa shape index (κ1) is 29.0. The Morgan fingerprint density at radius 3 is 1.71 bits per heavy atom. The third-order valence-electron chi connectivity index (χ3n) is 9.39. The predicted octanol–water partition coefficient (Wildman–Crippen LogP) is 8.25. The van der Waals surface area contributed by atoms with E-state index in [2.05, 4.69) is 149 Å². The van der Waals surface area contributed by atoms with Gasteiger partial charge in [-0.25, -0.2) is 4.85 Å². The Hall–Kier alpha value is -6.46. The fourth-order valence-electron chi connectivity index (χ4n) is 7.38. The molecular weight excluding hydrogens is 599 g/mol. The lowest BCUT2D eigenvalue weighted by molar-refractivity contribution is 1.18. The van der Waals surface area contributed by atoms with E-state index < -0.39 is 8.07 Å². The predicted molar refractivity (Wildman–Crippen MR) is 201 cm³/mol. The van der Waals surface area contributed by atoms with E-state index in [0.717, 1.165) is 38.6 Å². The molecule has 0 fully saturated rings. The zero-order valence-electron chi connectivity index (χ0n) is 26.1. The van der Waals surface area contributed by atoms with E-state index in [1.165, 1.54) is 20.7 Å². The highest BCUT2D eigenvalue weighted by Gasteiger charge is 2.43. The summed E-state index contributed by atoms with van der Waals surface area (Å²) in [7, 11) is -2.88. The Balaban J connectivity index is 1.51. The van der Waals surface area contributed by atoms with E-state index in [-0.39, 0.29) is 0 Å². The second kappa shape index (κ2) is 12.0. The minimum absolute atomic E-state index is 0.573. The quantitative estimate of drug-likeness (QED) is 0.104. The van der Waals surface area contributed by atoms with E-state index in [1.807, 2.05) is 42.5 Å². The molecule has 8 aromatic rings. The molecule has 0 N–H and O–H groups in total. The Morgan fingerprint density at radius 2 is 1.08 bits per heavy atom. The van der Waals surface area contributed by atoms with Crippen LogP contribution >= 0.6 is 0 Å². The normalized spacial score (nSPS) is 11.3. The van der Waals surface area contributed by atoms with Crippen molar-refractivity contribution in [3.05, 3.63) is 193 Å². The van der Waals surface area contributed by atoms with Crippen LogP contribution in [-0.2, 0) is 0 Å². The zero-order chi connectivity index (χ0) is 32.5. The smallest absolute Gasteiger partial charge is 0.189 e. The van der Waals surface area contributed by atoms with Crippen LogP contribution in [0.25, 0.3) is 43.5 Å². The van der Waals surface area contributed by atoms with Crippen LogP contribution in [0, 0.1) is 17.9 Å². The molecule has 0 saturated carbocycles. The summed E-state index contributed by atoms with van der Waals surface area (Å²) >= 11 is 0. The van der Waals surface area contributed by atoms with Crippen molar-refractivity contribution in [2.24, 2.45) is 0 Å². The number of rotatable bonds is 6. The fraction of sp³-hybridized carbons (Fsp3) is 0. The molecule has 0 aliphatic rings. The Labute approximate surface area is 281 Å². The maximum absolute atomic E-state index is 9.76. The van der Waals surface area contributed by atoms with Gasteiger partial charge < -0.3 is 4.57 Å². The van der Waals surface area contributed by atoms with E-state index >= 15 is 0 Å². The van der Waals surface area contributed by atoms with Gasteiger partial charge >= 0.3 is 0 Å². The van der Waals surface area contributed by atoms with Gasteiger partial charge in [-0.15, -0.1) is 0 Å². The molecule has 224 valence electrons. The number of benzene rings is 7. The lowest BCUT2D eigenvalue weighted by Crippen LogP contribution is -2.75. The molecule has 0 aliphatic heterocycles. The third-order valence-corrected chi connectivity index (χ3v) is 14.2. The lowest BCUT2D eigenvalue weighted by atomic mass is 10.0. The SMILES string of the molecule is [C-]#[N+]c1ccc(-c2ccccc2[Si](c2ccccc2)(c2ccccc2)c2ccccc2)c(-n2c3ccccc3c3cc(C#N)ccc32)c1. The highest BCUT2D eigenvalue weighted by Crippen LogP contribution is 2.38. The van der Waals surface area contributed by atoms with Crippen LogP contribution in [0.15, 0.2) is 176 Å². The molecule has 8 rings (SSSR count). The molecule has 1 heterocycles. The molecule has 0 bridgehead atoms. The number of nitriles is 1. The van der Waals surface area contributed by atoms with Gasteiger partial charge in [0, 0.05) is 22.0 Å². The van der Waals surface area contributed by atoms with Gasteiger partial charge in [0.25, 0.3) is 0 Å². The maximum atomic E-state index is 9.76. The largest absolute Gasteiger partial charge is 0.310 e. The number of aromatic nitrogens is 1. The summed E-state index contributed by atoms with van der Waals surface area (Å²) in [6.45, 7) is 7.99. The minimum atomic E-state index is -2.88. The van der Waals surface area contributed by atoms with Gasteiger partial charge in [-0.3, -0.25) is 0 Å². The molecule has 7 aromatic carbocycles. The standard InChI is InChI=1S/C44H29N3Si/c1-46-33-26-27-38(43(30-33)47-41-23-13-11-21-37(41)40-29-32(31-45)25-28-42(40)47)39-22-12-14-24-44(39)48(34-15-5-2-6-16-34,35-17-7-3-8-18-35)36-19-9-4-10-20-36/h2-30H. The first-order chi connectivity index (χ1) is 23.7. The molecule has 0 atom stereocenters. The summed E-state index contributed by atoms with van der Waals surface area (Å²) < 4.78 is 2.27. The van der Waals surface area contributed by atoms with Crippen LogP contribution in [0.5, 0.6) is 0 Å². The van der Waals surface area contributed by atoms with Crippen molar-refractivity contribution in [1.29, 1.82) is 5.26 Å². The molecule has 3 nitrogen and oxygen atoms in total. The molecule has 0 aliphatic carbocycles. The number of hydrogen-bond acceptors (Lipinski definition) is 1. The van der Waals surface area contributed by atoms with E-state index in [4.69, 9.17) is 6.57 Å². The number of fused-ring (bicyclic) bond motifs is 3. The average molecular weight is 628 g/mol. The summed E-state index contributed by atoms with van der Waals surface area (Å²) in [6.07, 6.45) is 0. The monoisotopic (exact) mass is 627 g/mol. The molecule has 4 heteroatoms. The second-order valence-corrected chi connectivity index (χ2v) is 15.7. The third kappa shape index (κ3) is 4.55. The minimum Gasteiger partial charge on any atom is -0.310 e. The van der Waals surface area contributed by atoms with Crippen molar-refractivity contribution in [3.8, 4) is 22.9 Å². The first-order valence-electron chi connectivity index (χ1n) is 16.0. The summed E-state index contributed by atoms with van der Waals surface area (Å²) in [6, 6.07) is 64.3. The second-order valence-electron chi connectivity index (χ2n) is 11.9. The van der Waals surface area contributed by atoms with Gasteiger partial charge in [-0.05, 0) is 56.6 Å². The van der Waals surface area contributed by atoms with Crippen molar-refractivity contribution in [3.63, 3.8) is 0 Å². The van der Waals surface area contributed by atoms with Gasteiger partial charge in [0.2, 0.25) is 0 Å². The first-order valence-corrected chi connectivity index (χ1v) is 18.0. The molecule has 0 saturated heterocycles. The van der Waals surface area contributed by atoms with Crippen LogP contribution in [0.2, 0.25) is 0 Å². The maximum Gasteiger partial charge on any atom is 0.189 e. The average Bonchev–Trinajstić information content (AvgIpc) is 3.50. The molecule has 0 unspecified atom stereocenters. The molecular formula is C44H29N3Si. The van der Waals surface area contributed by atoms with Crippen LogP contribution < -0.4 is 20.7 Å². The van der Waals surface area contributed by atoms with Crippen LogP contribution in [0.4, 0.5) is 5.69 Å². The Bertz CT molecular complexity index is 2430. The highest BCUT2D eigenvalue weighted by molar-refractivity contribution is 7.20. The number of hydrogen-bond donors (Lipinski definition) is 0. The van der Waals surface area contributed by atoms with Gasteiger partial charge in [0.15, 0.2) is 13.8 Å². The van der Waals surface area contributed by atoms with Gasteiger partial charge in [-0.2, -0.15) is 5.26 Å². The summed E-state index contributed by atoms with van der Waals surface area (Å²) in [4.78, 5) is 3.88. The molecule has 1 aromatic heterocycles. The van der Waals surface area contributed by atoms with Crippen LogP contribution in [0.1, 0.15) is 5.56 Å². The molecule has 0 amide bonds. The molecule has 0 spiro atoms. The van der Waals surface area contributed by atoms with Crippen molar-refractivity contribution < 1.29 is 0 Å². The van der Waals surface area contributed by atoms with Gasteiger partial charge in [0.1, 0.15) is 0 Å². The van der Waals surface area contributed by atoms with Gasteiger partial charge in [0.05, 0.1) is 29.2 Å². The van der Waals surface area contributed by atoms with Crippen molar-refractivity contribution in [2.45, 2.75) is 0 Å². The Morgan fingerprint density at radius 1 is 0.521 bits per heavy atom. The number of nitrogens with zero attached hydrogens (tertiary/aromatic N) is 3. The zero-order valence-corrected chi connectivity index (χ0v) is 27.1. The summed E-state index contributed by atoms with van der Waals surface area (Å²) in [5.74, 6) is 0. The van der Waals surface area contributed by atoms with E-state index in [9.17, 15) is 5.26 Å². The van der Waals surface area contributed by atoms with Crippen molar-refractivity contribution in [1.82, 2.24) is 4.57 Å². The summed E-state index contributed by atoms with van der Waals surface area (Å²) in [5.41, 5.74) is 6.33. The van der Waals surface area contributed by atoms with Crippen molar-refractivity contribution in [2.75, 3.05) is 0 Å².